The second-order valence-corrected chi connectivity index (χ2v) is 6.90. The van der Waals surface area contributed by atoms with E-state index in [4.69, 9.17) is 11.6 Å². The van der Waals surface area contributed by atoms with Crippen molar-refractivity contribution in [2.24, 2.45) is 0 Å². The van der Waals surface area contributed by atoms with Gasteiger partial charge in [0.25, 0.3) is 0 Å². The zero-order valence-corrected chi connectivity index (χ0v) is 16.1. The number of hydrogen-bond donors (Lipinski definition) is 2. The van der Waals surface area contributed by atoms with E-state index in [9.17, 15) is 0 Å². The fourth-order valence-electron chi connectivity index (χ4n) is 2.98. The van der Waals surface area contributed by atoms with Crippen molar-refractivity contribution in [1.29, 1.82) is 0 Å². The minimum atomic E-state index is 0.606. The Labute approximate surface area is 164 Å². The number of halogens is 1. The first-order valence-electron chi connectivity index (χ1n) is 9.48. The Bertz CT molecular complexity index is 827. The predicted octanol–water partition coefficient (Wildman–Crippen LogP) is 4.94. The molecule has 0 unspecified atom stereocenters. The largest absolute Gasteiger partial charge is 0.384 e. The van der Waals surface area contributed by atoms with Crippen LogP contribution in [0.1, 0.15) is 38.5 Å². The van der Waals surface area contributed by atoms with Crippen LogP contribution in [0.25, 0.3) is 10.9 Å². The summed E-state index contributed by atoms with van der Waals surface area (Å²) >= 11 is 6.04. The SMILES string of the molecule is Clc1ccc2c(NCCCCCCCCNc3nccnn3)ccnc2c1. The van der Waals surface area contributed by atoms with Gasteiger partial charge < -0.3 is 10.6 Å². The molecule has 142 valence electrons. The maximum Gasteiger partial charge on any atom is 0.242 e. The summed E-state index contributed by atoms with van der Waals surface area (Å²) in [6, 6.07) is 7.86. The van der Waals surface area contributed by atoms with Crippen LogP contribution in [0.15, 0.2) is 42.9 Å². The molecule has 0 aliphatic rings. The van der Waals surface area contributed by atoms with Crippen molar-refractivity contribution in [2.75, 3.05) is 23.7 Å². The summed E-state index contributed by atoms with van der Waals surface area (Å²) in [6.07, 6.45) is 12.3. The molecule has 2 aromatic heterocycles. The van der Waals surface area contributed by atoms with Crippen molar-refractivity contribution >= 4 is 34.1 Å². The van der Waals surface area contributed by atoms with Gasteiger partial charge in [0.1, 0.15) is 0 Å². The zero-order chi connectivity index (χ0) is 18.7. The standard InChI is InChI=1S/C20H25ClN6/c21-16-7-8-17-18(9-12-23-19(17)15-16)22-10-5-3-1-2-4-6-11-24-20-25-13-14-26-27-20/h7-9,12-15H,1-6,10-11H2,(H,22,23)(H,24,25,27). The molecule has 0 radical (unpaired) electrons. The number of rotatable bonds is 11. The minimum absolute atomic E-state index is 0.606. The summed E-state index contributed by atoms with van der Waals surface area (Å²) in [4.78, 5) is 8.47. The number of nitrogens with zero attached hydrogens (tertiary/aromatic N) is 4. The van der Waals surface area contributed by atoms with Gasteiger partial charge in [-0.1, -0.05) is 37.3 Å². The fourth-order valence-corrected chi connectivity index (χ4v) is 3.15. The molecule has 0 amide bonds. The van der Waals surface area contributed by atoms with E-state index in [0.29, 0.717) is 5.95 Å². The molecular formula is C20H25ClN6. The van der Waals surface area contributed by atoms with Gasteiger partial charge in [-0.15, -0.1) is 5.10 Å². The summed E-state index contributed by atoms with van der Waals surface area (Å²) in [7, 11) is 0. The molecule has 0 bridgehead atoms. The first-order valence-corrected chi connectivity index (χ1v) is 9.86. The molecule has 0 saturated heterocycles. The van der Waals surface area contributed by atoms with Crippen LogP contribution in [0.2, 0.25) is 5.02 Å². The molecule has 0 atom stereocenters. The van der Waals surface area contributed by atoms with Gasteiger partial charge in [-0.2, -0.15) is 5.10 Å². The molecule has 0 fully saturated rings. The summed E-state index contributed by atoms with van der Waals surface area (Å²) in [5, 5.41) is 16.2. The van der Waals surface area contributed by atoms with E-state index in [1.165, 1.54) is 32.1 Å². The Hall–Kier alpha value is -2.47. The second-order valence-electron chi connectivity index (χ2n) is 6.46. The van der Waals surface area contributed by atoms with Gasteiger partial charge in [0, 0.05) is 35.4 Å². The third kappa shape index (κ3) is 6.32. The highest BCUT2D eigenvalue weighted by Gasteiger charge is 2.02. The van der Waals surface area contributed by atoms with Gasteiger partial charge in [-0.25, -0.2) is 4.98 Å². The highest BCUT2D eigenvalue weighted by Crippen LogP contribution is 2.24. The average molecular weight is 385 g/mol. The molecule has 0 spiro atoms. The number of pyridine rings is 1. The number of unbranched alkanes of at least 4 members (excludes halogenated alkanes) is 5. The Kier molecular flexibility index (Phi) is 7.59. The minimum Gasteiger partial charge on any atom is -0.384 e. The molecule has 1 aromatic carbocycles. The van der Waals surface area contributed by atoms with Crippen molar-refractivity contribution in [3.05, 3.63) is 47.9 Å². The van der Waals surface area contributed by atoms with Crippen LogP contribution < -0.4 is 10.6 Å². The quantitative estimate of drug-likeness (QED) is 0.456. The fraction of sp³-hybridized carbons (Fsp3) is 0.400. The van der Waals surface area contributed by atoms with Crippen LogP contribution >= 0.6 is 11.6 Å². The van der Waals surface area contributed by atoms with Gasteiger partial charge >= 0.3 is 0 Å². The summed E-state index contributed by atoms with van der Waals surface area (Å²) in [5.41, 5.74) is 2.05. The number of anilines is 2. The Balaban J connectivity index is 1.25. The normalized spacial score (nSPS) is 10.9. The maximum atomic E-state index is 6.04. The van der Waals surface area contributed by atoms with E-state index in [1.54, 1.807) is 12.4 Å². The molecule has 0 saturated carbocycles. The van der Waals surface area contributed by atoms with Crippen LogP contribution in [0.4, 0.5) is 11.6 Å². The van der Waals surface area contributed by atoms with E-state index in [-0.39, 0.29) is 0 Å². The number of hydrogen-bond acceptors (Lipinski definition) is 6. The molecule has 7 heteroatoms. The molecule has 2 N–H and O–H groups in total. The first-order chi connectivity index (χ1) is 13.3. The van der Waals surface area contributed by atoms with Gasteiger partial charge in [-0.3, -0.25) is 4.98 Å². The highest BCUT2D eigenvalue weighted by molar-refractivity contribution is 6.31. The van der Waals surface area contributed by atoms with E-state index in [2.05, 4.69) is 30.8 Å². The Morgan fingerprint density at radius 2 is 1.56 bits per heavy atom. The van der Waals surface area contributed by atoms with Gasteiger partial charge in [-0.05, 0) is 37.1 Å². The van der Waals surface area contributed by atoms with Crippen molar-refractivity contribution < 1.29 is 0 Å². The molecule has 3 rings (SSSR count). The van der Waals surface area contributed by atoms with Crippen LogP contribution in [0, 0.1) is 0 Å². The number of benzene rings is 1. The number of aromatic nitrogens is 4. The Morgan fingerprint density at radius 1 is 0.778 bits per heavy atom. The van der Waals surface area contributed by atoms with Crippen LogP contribution in [0.3, 0.4) is 0 Å². The summed E-state index contributed by atoms with van der Waals surface area (Å²) in [6.45, 7) is 1.87. The molecule has 0 aliphatic heterocycles. The van der Waals surface area contributed by atoms with Gasteiger partial charge in [0.2, 0.25) is 5.95 Å². The molecule has 6 nitrogen and oxygen atoms in total. The lowest BCUT2D eigenvalue weighted by atomic mass is 10.1. The maximum absolute atomic E-state index is 6.04. The average Bonchev–Trinajstić information content (AvgIpc) is 2.70. The van der Waals surface area contributed by atoms with Gasteiger partial charge in [0.15, 0.2) is 0 Å². The van der Waals surface area contributed by atoms with E-state index < -0.39 is 0 Å². The smallest absolute Gasteiger partial charge is 0.242 e. The highest BCUT2D eigenvalue weighted by atomic mass is 35.5. The second kappa shape index (κ2) is 10.6. The lowest BCUT2D eigenvalue weighted by Crippen LogP contribution is -2.05. The predicted molar refractivity (Wildman–Crippen MR) is 111 cm³/mol. The number of nitrogens with one attached hydrogen (secondary N) is 2. The van der Waals surface area contributed by atoms with E-state index >= 15 is 0 Å². The van der Waals surface area contributed by atoms with Crippen molar-refractivity contribution in [3.63, 3.8) is 0 Å². The van der Waals surface area contributed by atoms with E-state index in [1.807, 2.05) is 30.5 Å². The van der Waals surface area contributed by atoms with Crippen molar-refractivity contribution in [3.8, 4) is 0 Å². The van der Waals surface area contributed by atoms with Crippen LogP contribution in [0.5, 0.6) is 0 Å². The lowest BCUT2D eigenvalue weighted by molar-refractivity contribution is 0.609. The van der Waals surface area contributed by atoms with Crippen molar-refractivity contribution in [2.45, 2.75) is 38.5 Å². The molecule has 0 aliphatic carbocycles. The third-order valence-electron chi connectivity index (χ3n) is 4.39. The molecular weight excluding hydrogens is 360 g/mol. The molecule has 2 heterocycles. The third-order valence-corrected chi connectivity index (χ3v) is 4.62. The lowest BCUT2D eigenvalue weighted by Gasteiger charge is -2.09. The van der Waals surface area contributed by atoms with E-state index in [0.717, 1.165) is 41.1 Å². The summed E-state index contributed by atoms with van der Waals surface area (Å²) < 4.78 is 0. The Morgan fingerprint density at radius 3 is 2.33 bits per heavy atom. The van der Waals surface area contributed by atoms with Crippen LogP contribution in [-0.2, 0) is 0 Å². The topological polar surface area (TPSA) is 75.6 Å². The van der Waals surface area contributed by atoms with Crippen LogP contribution in [-0.4, -0.2) is 33.3 Å². The molecule has 3 aromatic rings. The zero-order valence-electron chi connectivity index (χ0n) is 15.4. The van der Waals surface area contributed by atoms with Gasteiger partial charge in [0.05, 0.1) is 17.9 Å². The monoisotopic (exact) mass is 384 g/mol. The number of fused-ring (bicyclic) bond motifs is 1. The first kappa shape index (κ1) is 19.3. The van der Waals surface area contributed by atoms with Crippen molar-refractivity contribution in [1.82, 2.24) is 20.2 Å². The molecule has 27 heavy (non-hydrogen) atoms. The summed E-state index contributed by atoms with van der Waals surface area (Å²) in [5.74, 6) is 0.606.